The summed E-state index contributed by atoms with van der Waals surface area (Å²) in [6.07, 6.45) is 0. The van der Waals surface area contributed by atoms with Gasteiger partial charge in [-0.1, -0.05) is 0 Å². The van der Waals surface area contributed by atoms with Crippen LogP contribution in [0.3, 0.4) is 0 Å². The molecule has 1 N–H and O–H groups in total. The van der Waals surface area contributed by atoms with Crippen LogP contribution in [0.1, 0.15) is 15.2 Å². The maximum atomic E-state index is 13.6. The van der Waals surface area contributed by atoms with Gasteiger partial charge in [0.2, 0.25) is 0 Å². The maximum Gasteiger partial charge on any atom is 0.387 e. The number of hydrogen-bond acceptors (Lipinski definition) is 4. The summed E-state index contributed by atoms with van der Waals surface area (Å²) in [6.45, 7) is -3.27. The molecule has 0 atom stereocenters. The first-order valence-electron chi connectivity index (χ1n) is 8.03. The highest BCUT2D eigenvalue weighted by Crippen LogP contribution is 2.28. The van der Waals surface area contributed by atoms with Crippen LogP contribution in [0.5, 0.6) is 11.5 Å². The largest absolute Gasteiger partial charge is 0.486 e. The Morgan fingerprint density at radius 1 is 1.00 bits per heavy atom. The topological polar surface area (TPSA) is 47.6 Å². The SMILES string of the molecule is O=C(Nc1ccc(F)cc1OC(F)F)c1cc(COc2ccc(F)cc2F)cs1. The summed E-state index contributed by atoms with van der Waals surface area (Å²) in [6, 6.07) is 7.14. The van der Waals surface area contributed by atoms with Crippen molar-refractivity contribution in [1.82, 2.24) is 0 Å². The highest BCUT2D eigenvalue weighted by atomic mass is 32.1. The summed E-state index contributed by atoms with van der Waals surface area (Å²) in [5.74, 6) is -3.70. The number of rotatable bonds is 7. The number of amides is 1. The van der Waals surface area contributed by atoms with Gasteiger partial charge >= 0.3 is 6.61 Å². The Hall–Kier alpha value is -3.14. The van der Waals surface area contributed by atoms with E-state index in [1.165, 1.54) is 6.07 Å². The minimum absolute atomic E-state index is 0.0807. The van der Waals surface area contributed by atoms with Gasteiger partial charge in [0, 0.05) is 17.7 Å². The lowest BCUT2D eigenvalue weighted by Crippen LogP contribution is -2.13. The number of alkyl halides is 2. The average Bonchev–Trinajstić information content (AvgIpc) is 3.12. The Morgan fingerprint density at radius 2 is 1.72 bits per heavy atom. The minimum Gasteiger partial charge on any atom is -0.486 e. The molecule has 0 spiro atoms. The lowest BCUT2D eigenvalue weighted by atomic mass is 10.2. The van der Waals surface area contributed by atoms with E-state index in [1.807, 2.05) is 0 Å². The van der Waals surface area contributed by atoms with Crippen LogP contribution in [0.2, 0.25) is 0 Å². The Labute approximate surface area is 165 Å². The predicted molar refractivity (Wildman–Crippen MR) is 96.0 cm³/mol. The van der Waals surface area contributed by atoms with E-state index in [0.29, 0.717) is 11.6 Å². The number of halogens is 5. The highest BCUT2D eigenvalue weighted by molar-refractivity contribution is 7.12. The molecular formula is C19H12F5NO3S. The fraction of sp³-hybridized carbons (Fsp3) is 0.105. The van der Waals surface area contributed by atoms with Crippen molar-refractivity contribution in [2.75, 3.05) is 5.32 Å². The van der Waals surface area contributed by atoms with E-state index in [4.69, 9.17) is 4.74 Å². The molecule has 1 heterocycles. The second-order valence-corrected chi connectivity index (χ2v) is 6.57. The molecule has 0 unspecified atom stereocenters. The lowest BCUT2D eigenvalue weighted by molar-refractivity contribution is -0.0495. The Morgan fingerprint density at radius 3 is 2.45 bits per heavy atom. The molecule has 29 heavy (non-hydrogen) atoms. The molecule has 0 fully saturated rings. The van der Waals surface area contributed by atoms with Crippen LogP contribution in [0.25, 0.3) is 0 Å². The zero-order chi connectivity index (χ0) is 21.0. The van der Waals surface area contributed by atoms with Gasteiger partial charge in [-0.3, -0.25) is 4.79 Å². The molecule has 1 aromatic heterocycles. The second-order valence-electron chi connectivity index (χ2n) is 5.66. The van der Waals surface area contributed by atoms with Gasteiger partial charge < -0.3 is 14.8 Å². The van der Waals surface area contributed by atoms with Gasteiger partial charge in [-0.25, -0.2) is 13.2 Å². The third kappa shape index (κ3) is 5.44. The number of ether oxygens (including phenoxy) is 2. The summed E-state index contributed by atoms with van der Waals surface area (Å²) < 4.78 is 74.1. The first-order chi connectivity index (χ1) is 13.8. The second kappa shape index (κ2) is 8.91. The molecule has 3 rings (SSSR count). The predicted octanol–water partition coefficient (Wildman–Crippen LogP) is 5.60. The minimum atomic E-state index is -3.19. The van der Waals surface area contributed by atoms with Crippen LogP contribution in [0.15, 0.2) is 47.8 Å². The summed E-state index contributed by atoms with van der Waals surface area (Å²) in [5, 5.41) is 3.95. The third-order valence-electron chi connectivity index (χ3n) is 3.57. The Bertz CT molecular complexity index is 1020. The molecular weight excluding hydrogens is 417 g/mol. The number of carbonyl (C=O) groups is 1. The van der Waals surface area contributed by atoms with E-state index in [0.717, 1.165) is 41.7 Å². The van der Waals surface area contributed by atoms with Crippen molar-refractivity contribution >= 4 is 22.9 Å². The smallest absolute Gasteiger partial charge is 0.387 e. The molecule has 0 saturated carbocycles. The zero-order valence-electron chi connectivity index (χ0n) is 14.4. The molecule has 3 aromatic rings. The van der Waals surface area contributed by atoms with Gasteiger partial charge in [-0.05, 0) is 35.7 Å². The van der Waals surface area contributed by atoms with Gasteiger partial charge in [-0.2, -0.15) is 8.78 Å². The van der Waals surface area contributed by atoms with E-state index in [-0.39, 0.29) is 22.9 Å². The van der Waals surface area contributed by atoms with Crippen molar-refractivity contribution in [1.29, 1.82) is 0 Å². The Balaban J connectivity index is 1.66. The monoisotopic (exact) mass is 429 g/mol. The molecule has 0 aliphatic heterocycles. The maximum absolute atomic E-state index is 13.6. The van der Waals surface area contributed by atoms with Crippen LogP contribution in [-0.2, 0) is 6.61 Å². The first-order valence-corrected chi connectivity index (χ1v) is 8.91. The number of hydrogen-bond donors (Lipinski definition) is 1. The van der Waals surface area contributed by atoms with Crippen molar-refractivity contribution < 1.29 is 36.2 Å². The van der Waals surface area contributed by atoms with E-state index >= 15 is 0 Å². The van der Waals surface area contributed by atoms with Crippen molar-refractivity contribution in [2.45, 2.75) is 13.2 Å². The molecule has 0 aliphatic rings. The Kier molecular flexibility index (Phi) is 6.32. The van der Waals surface area contributed by atoms with Crippen LogP contribution in [0, 0.1) is 17.5 Å². The van der Waals surface area contributed by atoms with E-state index in [2.05, 4.69) is 10.1 Å². The standard InChI is InChI=1S/C19H12F5NO3S/c20-11-2-4-15(13(22)6-11)27-8-10-5-17(29-9-10)18(26)25-14-3-1-12(21)7-16(14)28-19(23)24/h1-7,9,19H,8H2,(H,25,26). The van der Waals surface area contributed by atoms with Crippen LogP contribution < -0.4 is 14.8 Å². The molecule has 0 saturated heterocycles. The summed E-state index contributed by atoms with van der Waals surface area (Å²) in [5.41, 5.74) is 0.406. The summed E-state index contributed by atoms with van der Waals surface area (Å²) in [7, 11) is 0. The van der Waals surface area contributed by atoms with Crippen molar-refractivity contribution in [3.8, 4) is 11.5 Å². The van der Waals surface area contributed by atoms with Crippen molar-refractivity contribution in [3.05, 3.63) is 75.7 Å². The number of benzene rings is 2. The third-order valence-corrected chi connectivity index (χ3v) is 4.55. The summed E-state index contributed by atoms with van der Waals surface area (Å²) in [4.78, 5) is 12.5. The number of thiophene rings is 1. The van der Waals surface area contributed by atoms with Crippen LogP contribution in [0.4, 0.5) is 27.6 Å². The number of carbonyl (C=O) groups excluding carboxylic acids is 1. The number of nitrogens with one attached hydrogen (secondary N) is 1. The van der Waals surface area contributed by atoms with Crippen LogP contribution in [-0.4, -0.2) is 12.5 Å². The normalized spacial score (nSPS) is 10.8. The van der Waals surface area contributed by atoms with E-state index in [1.54, 1.807) is 5.38 Å². The van der Waals surface area contributed by atoms with Crippen molar-refractivity contribution in [3.63, 3.8) is 0 Å². The molecule has 2 aromatic carbocycles. The van der Waals surface area contributed by atoms with E-state index < -0.39 is 35.7 Å². The van der Waals surface area contributed by atoms with Gasteiger partial charge in [0.25, 0.3) is 5.91 Å². The van der Waals surface area contributed by atoms with Gasteiger partial charge in [0.1, 0.15) is 18.2 Å². The molecule has 0 radical (unpaired) electrons. The highest BCUT2D eigenvalue weighted by Gasteiger charge is 2.16. The molecule has 10 heteroatoms. The van der Waals surface area contributed by atoms with Crippen molar-refractivity contribution in [2.24, 2.45) is 0 Å². The lowest BCUT2D eigenvalue weighted by Gasteiger charge is -2.11. The fourth-order valence-corrected chi connectivity index (χ4v) is 3.09. The van der Waals surface area contributed by atoms with Gasteiger partial charge in [0.05, 0.1) is 10.6 Å². The van der Waals surface area contributed by atoms with E-state index in [9.17, 15) is 26.7 Å². The molecule has 4 nitrogen and oxygen atoms in total. The molecule has 152 valence electrons. The van der Waals surface area contributed by atoms with Gasteiger partial charge in [0.15, 0.2) is 17.3 Å². The van der Waals surface area contributed by atoms with Gasteiger partial charge in [-0.15, -0.1) is 11.3 Å². The fourth-order valence-electron chi connectivity index (χ4n) is 2.30. The first kappa shape index (κ1) is 20.6. The number of anilines is 1. The summed E-state index contributed by atoms with van der Waals surface area (Å²) >= 11 is 1.03. The zero-order valence-corrected chi connectivity index (χ0v) is 15.2. The quantitative estimate of drug-likeness (QED) is 0.498. The molecule has 0 aliphatic carbocycles. The van der Waals surface area contributed by atoms with Crippen LogP contribution >= 0.6 is 11.3 Å². The average molecular weight is 429 g/mol. The molecule has 1 amide bonds. The molecule has 0 bridgehead atoms.